The third-order valence-electron chi connectivity index (χ3n) is 3.53. The van der Waals surface area contributed by atoms with Crippen LogP contribution in [0, 0.1) is 5.92 Å². The third-order valence-corrected chi connectivity index (χ3v) is 3.53. The first-order valence-electron chi connectivity index (χ1n) is 6.79. The average molecular weight is 242 g/mol. The lowest BCUT2D eigenvalue weighted by molar-refractivity contribution is -0.121. The molecule has 1 aliphatic rings. The summed E-state index contributed by atoms with van der Waals surface area (Å²) in [6.45, 7) is 8.16. The summed E-state index contributed by atoms with van der Waals surface area (Å²) in [6, 6.07) is 0. The van der Waals surface area contributed by atoms with Gasteiger partial charge in [-0.1, -0.05) is 6.92 Å². The number of piperidine rings is 1. The fraction of sp³-hybridized carbons (Fsp3) is 0.923. The molecule has 0 aromatic carbocycles. The zero-order valence-corrected chi connectivity index (χ0v) is 11.1. The molecule has 0 aromatic heterocycles. The molecule has 0 saturated carbocycles. The minimum absolute atomic E-state index is 0.0730. The van der Waals surface area contributed by atoms with E-state index in [4.69, 9.17) is 5.11 Å². The Bertz CT molecular complexity index is 223. The van der Waals surface area contributed by atoms with Crippen LogP contribution >= 0.6 is 0 Å². The van der Waals surface area contributed by atoms with Crippen molar-refractivity contribution >= 4 is 5.91 Å². The van der Waals surface area contributed by atoms with Crippen LogP contribution in [0.4, 0.5) is 0 Å². The molecule has 2 N–H and O–H groups in total. The van der Waals surface area contributed by atoms with E-state index in [0.717, 1.165) is 26.2 Å². The van der Waals surface area contributed by atoms with Crippen molar-refractivity contribution in [2.75, 3.05) is 26.2 Å². The van der Waals surface area contributed by atoms with E-state index in [9.17, 15) is 4.79 Å². The number of nitrogens with zero attached hydrogens (tertiary/aromatic N) is 1. The zero-order chi connectivity index (χ0) is 12.7. The van der Waals surface area contributed by atoms with Crippen LogP contribution in [-0.4, -0.2) is 48.2 Å². The smallest absolute Gasteiger partial charge is 0.220 e. The normalized spacial score (nSPS) is 20.2. The van der Waals surface area contributed by atoms with Crippen molar-refractivity contribution in [1.29, 1.82) is 0 Å². The Hall–Kier alpha value is -0.610. The number of aliphatic hydroxyl groups is 1. The standard InChI is InChI=1S/C13H26N2O2/c1-3-15-8-6-12(7-9-15)10-14-13(17)5-4-11(2)16/h11-12,16H,3-10H2,1-2H3,(H,14,17). The Morgan fingerprint density at radius 3 is 2.65 bits per heavy atom. The molecule has 1 saturated heterocycles. The van der Waals surface area contributed by atoms with E-state index in [1.165, 1.54) is 12.8 Å². The van der Waals surface area contributed by atoms with Crippen LogP contribution in [0.25, 0.3) is 0 Å². The van der Waals surface area contributed by atoms with Gasteiger partial charge in [-0.15, -0.1) is 0 Å². The lowest BCUT2D eigenvalue weighted by Crippen LogP contribution is -2.38. The lowest BCUT2D eigenvalue weighted by Gasteiger charge is -2.31. The van der Waals surface area contributed by atoms with Gasteiger partial charge in [0.1, 0.15) is 0 Å². The van der Waals surface area contributed by atoms with Crippen LogP contribution < -0.4 is 5.32 Å². The molecule has 1 heterocycles. The first-order chi connectivity index (χ1) is 8.11. The van der Waals surface area contributed by atoms with E-state index < -0.39 is 0 Å². The number of carbonyl (C=O) groups excluding carboxylic acids is 1. The molecular weight excluding hydrogens is 216 g/mol. The number of carbonyl (C=O) groups is 1. The van der Waals surface area contributed by atoms with Crippen molar-refractivity contribution in [1.82, 2.24) is 10.2 Å². The monoisotopic (exact) mass is 242 g/mol. The molecule has 0 spiro atoms. The Balaban J connectivity index is 2.08. The zero-order valence-electron chi connectivity index (χ0n) is 11.1. The third kappa shape index (κ3) is 6.03. The number of hydrogen-bond donors (Lipinski definition) is 2. The summed E-state index contributed by atoms with van der Waals surface area (Å²) in [7, 11) is 0. The lowest BCUT2D eigenvalue weighted by atomic mass is 9.97. The molecule has 4 heteroatoms. The van der Waals surface area contributed by atoms with Gasteiger partial charge in [0, 0.05) is 13.0 Å². The Labute approximate surface area is 104 Å². The van der Waals surface area contributed by atoms with Crippen molar-refractivity contribution < 1.29 is 9.90 Å². The molecule has 0 bridgehead atoms. The minimum Gasteiger partial charge on any atom is -0.393 e. The van der Waals surface area contributed by atoms with Crippen LogP contribution in [0.15, 0.2) is 0 Å². The predicted octanol–water partition coefficient (Wildman–Crippen LogP) is 0.995. The Morgan fingerprint density at radius 2 is 2.12 bits per heavy atom. The molecule has 100 valence electrons. The molecule has 1 atom stereocenters. The van der Waals surface area contributed by atoms with Gasteiger partial charge in [0.05, 0.1) is 6.10 Å². The van der Waals surface area contributed by atoms with Gasteiger partial charge in [0.15, 0.2) is 0 Å². The molecule has 0 aliphatic carbocycles. The second-order valence-electron chi connectivity index (χ2n) is 5.07. The number of likely N-dealkylation sites (tertiary alicyclic amines) is 1. The average Bonchev–Trinajstić information content (AvgIpc) is 2.34. The van der Waals surface area contributed by atoms with Gasteiger partial charge in [-0.25, -0.2) is 0 Å². The van der Waals surface area contributed by atoms with E-state index in [1.807, 2.05) is 0 Å². The van der Waals surface area contributed by atoms with Crippen LogP contribution in [-0.2, 0) is 4.79 Å². The molecule has 1 aliphatic heterocycles. The highest BCUT2D eigenvalue weighted by Gasteiger charge is 2.18. The predicted molar refractivity (Wildman–Crippen MR) is 68.8 cm³/mol. The number of amides is 1. The van der Waals surface area contributed by atoms with Gasteiger partial charge in [-0.3, -0.25) is 4.79 Å². The largest absolute Gasteiger partial charge is 0.393 e. The SMILES string of the molecule is CCN1CCC(CNC(=O)CCC(C)O)CC1. The van der Waals surface area contributed by atoms with Gasteiger partial charge >= 0.3 is 0 Å². The molecule has 1 amide bonds. The van der Waals surface area contributed by atoms with Crippen molar-refractivity contribution in [3.05, 3.63) is 0 Å². The number of aliphatic hydroxyl groups excluding tert-OH is 1. The maximum atomic E-state index is 11.5. The van der Waals surface area contributed by atoms with Gasteiger partial charge < -0.3 is 15.3 Å². The van der Waals surface area contributed by atoms with Crippen molar-refractivity contribution in [3.8, 4) is 0 Å². The Morgan fingerprint density at radius 1 is 1.47 bits per heavy atom. The topological polar surface area (TPSA) is 52.6 Å². The van der Waals surface area contributed by atoms with E-state index in [2.05, 4.69) is 17.1 Å². The summed E-state index contributed by atoms with van der Waals surface area (Å²) in [4.78, 5) is 13.9. The summed E-state index contributed by atoms with van der Waals surface area (Å²) in [5.74, 6) is 0.706. The number of rotatable bonds is 6. The number of hydrogen-bond acceptors (Lipinski definition) is 3. The van der Waals surface area contributed by atoms with Crippen LogP contribution in [0.2, 0.25) is 0 Å². The highest BCUT2D eigenvalue weighted by atomic mass is 16.3. The minimum atomic E-state index is -0.381. The van der Waals surface area contributed by atoms with Crippen LogP contribution in [0.5, 0.6) is 0 Å². The summed E-state index contributed by atoms with van der Waals surface area (Å²) in [5, 5.41) is 12.1. The number of nitrogens with one attached hydrogen (secondary N) is 1. The van der Waals surface area contributed by atoms with Crippen molar-refractivity contribution in [2.45, 2.75) is 45.6 Å². The second kappa shape index (κ2) is 7.67. The maximum absolute atomic E-state index is 11.5. The fourth-order valence-electron chi connectivity index (χ4n) is 2.19. The quantitative estimate of drug-likeness (QED) is 0.730. The van der Waals surface area contributed by atoms with Gasteiger partial charge in [0.2, 0.25) is 5.91 Å². The van der Waals surface area contributed by atoms with Gasteiger partial charge in [-0.05, 0) is 51.7 Å². The van der Waals surface area contributed by atoms with Crippen LogP contribution in [0.1, 0.15) is 39.5 Å². The van der Waals surface area contributed by atoms with E-state index in [0.29, 0.717) is 18.8 Å². The highest BCUT2D eigenvalue weighted by Crippen LogP contribution is 2.15. The molecule has 0 aromatic rings. The molecule has 1 rings (SSSR count). The first kappa shape index (κ1) is 14.5. The summed E-state index contributed by atoms with van der Waals surface area (Å²) < 4.78 is 0. The van der Waals surface area contributed by atoms with E-state index >= 15 is 0 Å². The van der Waals surface area contributed by atoms with Crippen molar-refractivity contribution in [3.63, 3.8) is 0 Å². The van der Waals surface area contributed by atoms with E-state index in [1.54, 1.807) is 6.92 Å². The van der Waals surface area contributed by atoms with Crippen LogP contribution in [0.3, 0.4) is 0 Å². The molecule has 0 radical (unpaired) electrons. The van der Waals surface area contributed by atoms with Gasteiger partial charge in [-0.2, -0.15) is 0 Å². The fourth-order valence-corrected chi connectivity index (χ4v) is 2.19. The molecule has 1 unspecified atom stereocenters. The highest BCUT2D eigenvalue weighted by molar-refractivity contribution is 5.75. The Kier molecular flexibility index (Phi) is 6.52. The van der Waals surface area contributed by atoms with Gasteiger partial charge in [0.25, 0.3) is 0 Å². The first-order valence-corrected chi connectivity index (χ1v) is 6.79. The summed E-state index contributed by atoms with van der Waals surface area (Å²) >= 11 is 0. The molecule has 17 heavy (non-hydrogen) atoms. The van der Waals surface area contributed by atoms with E-state index in [-0.39, 0.29) is 12.0 Å². The summed E-state index contributed by atoms with van der Waals surface area (Å²) in [6.07, 6.45) is 2.98. The summed E-state index contributed by atoms with van der Waals surface area (Å²) in [5.41, 5.74) is 0. The molecule has 4 nitrogen and oxygen atoms in total. The second-order valence-corrected chi connectivity index (χ2v) is 5.07. The molecular formula is C13H26N2O2. The maximum Gasteiger partial charge on any atom is 0.220 e. The van der Waals surface area contributed by atoms with Crippen molar-refractivity contribution in [2.24, 2.45) is 5.92 Å². The molecule has 1 fully saturated rings.